The lowest BCUT2D eigenvalue weighted by Crippen LogP contribution is -1.92. The van der Waals surface area contributed by atoms with E-state index in [0.717, 1.165) is 0 Å². The normalized spacial score (nSPS) is 14.7. The molecule has 0 aromatic heterocycles. The second kappa shape index (κ2) is 1.87. The predicted molar refractivity (Wildman–Crippen MR) is 35.9 cm³/mol. The molecule has 0 nitrogen and oxygen atoms in total. The van der Waals surface area contributed by atoms with E-state index >= 15 is 0 Å². The summed E-state index contributed by atoms with van der Waals surface area (Å²) in [5.41, 5.74) is 0. The smallest absolute Gasteiger partial charge is 0.0264 e. The van der Waals surface area contributed by atoms with E-state index in [1.165, 1.54) is 5.75 Å². The molecule has 0 radical (unpaired) electrons. The van der Waals surface area contributed by atoms with Gasteiger partial charge in [-0.05, 0) is 24.5 Å². The van der Waals surface area contributed by atoms with Crippen molar-refractivity contribution in [2.45, 2.75) is 6.92 Å². The summed E-state index contributed by atoms with van der Waals surface area (Å²) in [6.07, 6.45) is 6.98. The zero-order valence-corrected chi connectivity index (χ0v) is 5.93. The van der Waals surface area contributed by atoms with Gasteiger partial charge in [0, 0.05) is 0 Å². The summed E-state index contributed by atoms with van der Waals surface area (Å²) < 4.78 is 0. The van der Waals surface area contributed by atoms with E-state index in [-0.39, 0.29) is 10.0 Å². The van der Waals surface area contributed by atoms with Crippen LogP contribution in [0.2, 0.25) is 0 Å². The lowest BCUT2D eigenvalue weighted by molar-refractivity contribution is 1.49. The van der Waals surface area contributed by atoms with Crippen molar-refractivity contribution < 1.29 is 0 Å². The predicted octanol–water partition coefficient (Wildman–Crippen LogP) is 1.70. The molecule has 0 rings (SSSR count). The highest BCUT2D eigenvalue weighted by atomic mass is 32.3. The Morgan fingerprint density at radius 3 is 1.33 bits per heavy atom. The van der Waals surface area contributed by atoms with Gasteiger partial charge in [0.2, 0.25) is 0 Å². The Labute approximate surface area is 42.3 Å². The van der Waals surface area contributed by atoms with Gasteiger partial charge in [0.05, 0.1) is 0 Å². The van der Waals surface area contributed by atoms with Crippen molar-refractivity contribution in [2.75, 3.05) is 24.5 Å². The Kier molecular flexibility index (Phi) is 1.98. The molecule has 0 spiro atoms. The van der Waals surface area contributed by atoms with Crippen molar-refractivity contribution in [3.63, 3.8) is 0 Å². The fraction of sp³-hybridized carbons (Fsp3) is 1.00. The minimum Gasteiger partial charge on any atom is -0.250 e. The summed E-state index contributed by atoms with van der Waals surface area (Å²) in [5.74, 6) is 1.35. The van der Waals surface area contributed by atoms with Crippen LogP contribution in [0.3, 0.4) is 0 Å². The van der Waals surface area contributed by atoms with E-state index in [2.05, 4.69) is 25.7 Å². The fourth-order valence-corrected chi connectivity index (χ4v) is 0. The van der Waals surface area contributed by atoms with Crippen LogP contribution in [-0.4, -0.2) is 24.5 Å². The Bertz CT molecular complexity index is 33.7. The maximum atomic E-state index is 2.33. The van der Waals surface area contributed by atoms with Crippen LogP contribution in [0.15, 0.2) is 0 Å². The van der Waals surface area contributed by atoms with Crippen molar-refractivity contribution in [2.24, 2.45) is 0 Å². The standard InChI is InChI=1S/C5H14S/c1-5-6(2,3)4/h5H2,1-4H3. The number of hydrogen-bond donors (Lipinski definition) is 0. The van der Waals surface area contributed by atoms with Crippen molar-refractivity contribution >= 4 is 10.0 Å². The van der Waals surface area contributed by atoms with Gasteiger partial charge >= 0.3 is 0 Å². The molecule has 0 aromatic carbocycles. The zero-order valence-electron chi connectivity index (χ0n) is 5.12. The van der Waals surface area contributed by atoms with Crippen LogP contribution in [0.4, 0.5) is 0 Å². The molecule has 0 bridgehead atoms. The lowest BCUT2D eigenvalue weighted by atomic mass is 11.0. The van der Waals surface area contributed by atoms with Crippen molar-refractivity contribution in [1.29, 1.82) is 0 Å². The molecule has 0 N–H and O–H groups in total. The maximum absolute atomic E-state index is 2.33. The minimum absolute atomic E-state index is 0.162. The quantitative estimate of drug-likeness (QED) is 0.477. The highest BCUT2D eigenvalue weighted by molar-refractivity contribution is 8.32. The van der Waals surface area contributed by atoms with Gasteiger partial charge in [-0.15, -0.1) is 0 Å². The minimum atomic E-state index is -0.162. The molecule has 0 saturated heterocycles. The second-order valence-electron chi connectivity index (χ2n) is 2.38. The van der Waals surface area contributed by atoms with Crippen LogP contribution in [0.1, 0.15) is 6.92 Å². The average Bonchev–Trinajstić information content (AvgIpc) is 1.35. The summed E-state index contributed by atoms with van der Waals surface area (Å²) in [6.45, 7) is 2.25. The third-order valence-corrected chi connectivity index (χ3v) is 2.60. The topological polar surface area (TPSA) is 0 Å². The van der Waals surface area contributed by atoms with Crippen LogP contribution >= 0.6 is 10.0 Å². The maximum Gasteiger partial charge on any atom is -0.0264 e. The molecule has 0 aliphatic heterocycles. The van der Waals surface area contributed by atoms with Gasteiger partial charge in [-0.25, -0.2) is 10.0 Å². The van der Waals surface area contributed by atoms with Gasteiger partial charge in [-0.3, -0.25) is 0 Å². The lowest BCUT2D eigenvalue weighted by Gasteiger charge is -2.21. The van der Waals surface area contributed by atoms with Gasteiger partial charge in [-0.1, -0.05) is 6.92 Å². The molecule has 40 valence electrons. The Morgan fingerprint density at radius 1 is 1.17 bits per heavy atom. The fourth-order valence-electron chi connectivity index (χ4n) is 0. The van der Waals surface area contributed by atoms with Crippen LogP contribution in [0.25, 0.3) is 0 Å². The van der Waals surface area contributed by atoms with Gasteiger partial charge in [-0.2, -0.15) is 0 Å². The van der Waals surface area contributed by atoms with Crippen LogP contribution < -0.4 is 0 Å². The van der Waals surface area contributed by atoms with E-state index in [1.54, 1.807) is 0 Å². The van der Waals surface area contributed by atoms with E-state index in [4.69, 9.17) is 0 Å². The molecule has 0 amide bonds. The summed E-state index contributed by atoms with van der Waals surface area (Å²) in [7, 11) is -0.162. The molecule has 0 unspecified atom stereocenters. The Balaban J connectivity index is 3.17. The zero-order chi connectivity index (χ0) is 5.21. The third kappa shape index (κ3) is 4.35. The van der Waals surface area contributed by atoms with Gasteiger partial charge in [0.15, 0.2) is 0 Å². The summed E-state index contributed by atoms with van der Waals surface area (Å²) in [5, 5.41) is 0. The Morgan fingerprint density at radius 2 is 1.33 bits per heavy atom. The van der Waals surface area contributed by atoms with E-state index in [1.807, 2.05) is 0 Å². The SMILES string of the molecule is CCS(C)(C)C. The van der Waals surface area contributed by atoms with E-state index in [0.29, 0.717) is 0 Å². The second-order valence-corrected chi connectivity index (χ2v) is 7.14. The first-order valence-electron chi connectivity index (χ1n) is 2.22. The molecule has 0 saturated carbocycles. The molecular formula is C5H14S. The largest absolute Gasteiger partial charge is 0.250 e. The van der Waals surface area contributed by atoms with Crippen molar-refractivity contribution in [3.8, 4) is 0 Å². The molecule has 0 fully saturated rings. The average molecular weight is 106 g/mol. The van der Waals surface area contributed by atoms with Crippen molar-refractivity contribution in [1.82, 2.24) is 0 Å². The van der Waals surface area contributed by atoms with Gasteiger partial charge < -0.3 is 0 Å². The van der Waals surface area contributed by atoms with Crippen LogP contribution in [-0.2, 0) is 0 Å². The number of hydrogen-bond acceptors (Lipinski definition) is 0. The summed E-state index contributed by atoms with van der Waals surface area (Å²) in [6, 6.07) is 0. The molecule has 0 heterocycles. The van der Waals surface area contributed by atoms with Crippen molar-refractivity contribution in [3.05, 3.63) is 0 Å². The molecule has 1 heteroatoms. The molecule has 0 atom stereocenters. The molecule has 0 aliphatic rings. The first-order valence-corrected chi connectivity index (χ1v) is 5.25. The molecular weight excluding hydrogens is 92.1 g/mol. The first kappa shape index (κ1) is 6.35. The van der Waals surface area contributed by atoms with Gasteiger partial charge in [0.25, 0.3) is 0 Å². The van der Waals surface area contributed by atoms with Crippen LogP contribution in [0, 0.1) is 0 Å². The van der Waals surface area contributed by atoms with E-state index in [9.17, 15) is 0 Å². The molecule has 0 aromatic rings. The highest BCUT2D eigenvalue weighted by Crippen LogP contribution is 2.32. The summed E-state index contributed by atoms with van der Waals surface area (Å²) in [4.78, 5) is 0. The van der Waals surface area contributed by atoms with Crippen LogP contribution in [0.5, 0.6) is 0 Å². The highest BCUT2D eigenvalue weighted by Gasteiger charge is 1.95. The van der Waals surface area contributed by atoms with E-state index < -0.39 is 0 Å². The Hall–Kier alpha value is 0.350. The van der Waals surface area contributed by atoms with Gasteiger partial charge in [0.1, 0.15) is 0 Å². The first-order chi connectivity index (χ1) is 2.56. The monoisotopic (exact) mass is 106 g/mol. The molecule has 0 aliphatic carbocycles. The summed E-state index contributed by atoms with van der Waals surface area (Å²) >= 11 is 0. The molecule has 6 heavy (non-hydrogen) atoms. The number of rotatable bonds is 1. The third-order valence-electron chi connectivity index (χ3n) is 0.866.